The summed E-state index contributed by atoms with van der Waals surface area (Å²) in [6, 6.07) is 8.03. The van der Waals surface area contributed by atoms with Crippen molar-refractivity contribution < 1.29 is 4.79 Å². The van der Waals surface area contributed by atoms with Crippen molar-refractivity contribution in [2.45, 2.75) is 26.8 Å². The molecule has 1 aromatic carbocycles. The van der Waals surface area contributed by atoms with Crippen molar-refractivity contribution in [3.8, 4) is 6.07 Å². The maximum atomic E-state index is 12.0. The molecule has 84 valence electrons. The Morgan fingerprint density at radius 3 is 2.19 bits per heavy atom. The van der Waals surface area contributed by atoms with Crippen molar-refractivity contribution in [1.82, 2.24) is 0 Å². The van der Waals surface area contributed by atoms with E-state index in [0.29, 0.717) is 11.1 Å². The molecule has 0 aliphatic carbocycles. The van der Waals surface area contributed by atoms with Crippen molar-refractivity contribution in [1.29, 1.82) is 5.26 Å². The third-order valence-electron chi connectivity index (χ3n) is 2.51. The van der Waals surface area contributed by atoms with Crippen LogP contribution in [0.25, 0.3) is 0 Å². The number of carbonyl (C=O) groups is 1. The van der Waals surface area contributed by atoms with Gasteiger partial charge < -0.3 is 5.73 Å². The predicted octanol–water partition coefficient (Wildman–Crippen LogP) is 2.11. The Kier molecular flexibility index (Phi) is 3.46. The van der Waals surface area contributed by atoms with Crippen molar-refractivity contribution in [2.75, 3.05) is 0 Å². The van der Waals surface area contributed by atoms with Crippen LogP contribution in [0.4, 0.5) is 0 Å². The lowest BCUT2D eigenvalue weighted by atomic mass is 9.83. The van der Waals surface area contributed by atoms with Gasteiger partial charge in [0.15, 0.2) is 5.78 Å². The van der Waals surface area contributed by atoms with E-state index in [2.05, 4.69) is 0 Å². The minimum absolute atomic E-state index is 0.0861. The van der Waals surface area contributed by atoms with Gasteiger partial charge in [0, 0.05) is 5.56 Å². The van der Waals surface area contributed by atoms with Crippen molar-refractivity contribution in [3.63, 3.8) is 0 Å². The molecule has 0 heterocycles. The van der Waals surface area contributed by atoms with E-state index < -0.39 is 6.04 Å². The SMILES string of the molecule is CC(C)(C)[C@@H](N)C(=O)c1ccc(C#N)cc1. The van der Waals surface area contributed by atoms with Crippen molar-refractivity contribution in [2.24, 2.45) is 11.1 Å². The third-order valence-corrected chi connectivity index (χ3v) is 2.51. The van der Waals surface area contributed by atoms with Crippen LogP contribution in [0.1, 0.15) is 36.7 Å². The molecule has 0 aromatic heterocycles. The van der Waals surface area contributed by atoms with E-state index in [1.54, 1.807) is 24.3 Å². The van der Waals surface area contributed by atoms with Crippen LogP contribution in [0.15, 0.2) is 24.3 Å². The largest absolute Gasteiger partial charge is 0.321 e. The molecule has 0 aliphatic rings. The number of nitriles is 1. The molecule has 0 spiro atoms. The average molecular weight is 216 g/mol. The normalized spacial score (nSPS) is 12.9. The van der Waals surface area contributed by atoms with Crippen LogP contribution in [-0.2, 0) is 0 Å². The van der Waals surface area contributed by atoms with Crippen LogP contribution in [0.2, 0.25) is 0 Å². The number of benzene rings is 1. The first kappa shape index (κ1) is 12.4. The minimum atomic E-state index is -0.527. The summed E-state index contributed by atoms with van der Waals surface area (Å²) in [5.74, 6) is -0.0861. The van der Waals surface area contributed by atoms with Gasteiger partial charge >= 0.3 is 0 Å². The zero-order chi connectivity index (χ0) is 12.3. The molecule has 0 fully saturated rings. The van der Waals surface area contributed by atoms with E-state index >= 15 is 0 Å². The van der Waals surface area contributed by atoms with E-state index in [1.165, 1.54) is 0 Å². The van der Waals surface area contributed by atoms with E-state index in [0.717, 1.165) is 0 Å². The fourth-order valence-electron chi connectivity index (χ4n) is 1.28. The molecule has 0 saturated heterocycles. The van der Waals surface area contributed by atoms with Gasteiger partial charge in [-0.1, -0.05) is 32.9 Å². The van der Waals surface area contributed by atoms with E-state index in [9.17, 15) is 4.79 Å². The molecule has 1 aromatic rings. The Hall–Kier alpha value is -1.66. The summed E-state index contributed by atoms with van der Waals surface area (Å²) in [6.07, 6.45) is 0. The second-order valence-corrected chi connectivity index (χ2v) is 4.90. The molecule has 1 atom stereocenters. The Morgan fingerprint density at radius 1 is 1.31 bits per heavy atom. The van der Waals surface area contributed by atoms with Crippen molar-refractivity contribution >= 4 is 5.78 Å². The highest BCUT2D eigenvalue weighted by molar-refractivity contribution is 6.00. The van der Waals surface area contributed by atoms with Gasteiger partial charge in [0.1, 0.15) is 0 Å². The predicted molar refractivity (Wildman–Crippen MR) is 62.9 cm³/mol. The number of carbonyl (C=O) groups excluding carboxylic acids is 1. The first-order valence-corrected chi connectivity index (χ1v) is 5.16. The molecular formula is C13H16N2O. The molecule has 16 heavy (non-hydrogen) atoms. The Balaban J connectivity index is 2.94. The number of ketones is 1. The number of rotatable bonds is 2. The fourth-order valence-corrected chi connectivity index (χ4v) is 1.28. The maximum absolute atomic E-state index is 12.0. The second-order valence-electron chi connectivity index (χ2n) is 4.90. The number of nitrogens with zero attached hydrogens (tertiary/aromatic N) is 1. The molecule has 0 saturated carbocycles. The molecule has 0 bridgehead atoms. The Bertz CT molecular complexity index is 421. The summed E-state index contributed by atoms with van der Waals surface area (Å²) in [5, 5.41) is 8.65. The van der Waals surface area contributed by atoms with Gasteiger partial charge in [0.2, 0.25) is 0 Å². The molecule has 2 N–H and O–H groups in total. The van der Waals surface area contributed by atoms with E-state index in [-0.39, 0.29) is 11.2 Å². The first-order chi connectivity index (χ1) is 7.36. The van der Waals surface area contributed by atoms with Gasteiger partial charge in [-0.25, -0.2) is 0 Å². The summed E-state index contributed by atoms with van der Waals surface area (Å²) in [6.45, 7) is 5.79. The summed E-state index contributed by atoms with van der Waals surface area (Å²) < 4.78 is 0. The van der Waals surface area contributed by atoms with Gasteiger partial charge in [0.05, 0.1) is 17.7 Å². The van der Waals surface area contributed by atoms with Gasteiger partial charge in [-0.15, -0.1) is 0 Å². The van der Waals surface area contributed by atoms with Crippen LogP contribution < -0.4 is 5.73 Å². The molecule has 0 aliphatic heterocycles. The highest BCUT2D eigenvalue weighted by Crippen LogP contribution is 2.20. The lowest BCUT2D eigenvalue weighted by Crippen LogP contribution is -2.42. The molecular weight excluding hydrogens is 200 g/mol. The summed E-state index contributed by atoms with van der Waals surface area (Å²) >= 11 is 0. The lowest BCUT2D eigenvalue weighted by Gasteiger charge is -2.25. The third kappa shape index (κ3) is 2.68. The first-order valence-electron chi connectivity index (χ1n) is 5.16. The minimum Gasteiger partial charge on any atom is -0.321 e. The number of hydrogen-bond donors (Lipinski definition) is 1. The Morgan fingerprint density at radius 2 is 1.81 bits per heavy atom. The van der Waals surface area contributed by atoms with Crippen LogP contribution in [0, 0.1) is 16.7 Å². The maximum Gasteiger partial charge on any atom is 0.180 e. The number of nitrogens with two attached hydrogens (primary N) is 1. The second kappa shape index (κ2) is 4.46. The van der Waals surface area contributed by atoms with E-state index in [1.807, 2.05) is 26.8 Å². The number of hydrogen-bond acceptors (Lipinski definition) is 3. The molecule has 1 rings (SSSR count). The molecule has 0 amide bonds. The molecule has 0 radical (unpaired) electrons. The van der Waals surface area contributed by atoms with Gasteiger partial charge in [-0.3, -0.25) is 4.79 Å². The van der Waals surface area contributed by atoms with Crippen LogP contribution in [-0.4, -0.2) is 11.8 Å². The monoisotopic (exact) mass is 216 g/mol. The summed E-state index contributed by atoms with van der Waals surface area (Å²) in [7, 11) is 0. The lowest BCUT2D eigenvalue weighted by molar-refractivity contribution is 0.0901. The molecule has 3 nitrogen and oxygen atoms in total. The summed E-state index contributed by atoms with van der Waals surface area (Å²) in [5.41, 5.74) is 6.72. The standard InChI is InChI=1S/C13H16N2O/c1-13(2,3)12(15)11(16)10-6-4-9(8-14)5-7-10/h4-7,12H,15H2,1-3H3/t12-/m0/s1. The van der Waals surface area contributed by atoms with Gasteiger partial charge in [-0.2, -0.15) is 5.26 Å². The van der Waals surface area contributed by atoms with Gasteiger partial charge in [0.25, 0.3) is 0 Å². The van der Waals surface area contributed by atoms with Crippen LogP contribution in [0.3, 0.4) is 0 Å². The zero-order valence-electron chi connectivity index (χ0n) is 9.82. The quantitative estimate of drug-likeness (QED) is 0.770. The highest BCUT2D eigenvalue weighted by Gasteiger charge is 2.27. The van der Waals surface area contributed by atoms with Gasteiger partial charge in [-0.05, 0) is 17.5 Å². The van der Waals surface area contributed by atoms with Crippen LogP contribution in [0.5, 0.6) is 0 Å². The fraction of sp³-hybridized carbons (Fsp3) is 0.385. The Labute approximate surface area is 95.9 Å². The topological polar surface area (TPSA) is 66.9 Å². The number of Topliss-reactive ketones (excluding diaryl/α,β-unsaturated/α-hetero) is 1. The smallest absolute Gasteiger partial charge is 0.180 e. The molecule has 0 unspecified atom stereocenters. The van der Waals surface area contributed by atoms with Crippen molar-refractivity contribution in [3.05, 3.63) is 35.4 Å². The highest BCUT2D eigenvalue weighted by atomic mass is 16.1. The average Bonchev–Trinajstić information content (AvgIpc) is 2.26. The van der Waals surface area contributed by atoms with Crippen LogP contribution >= 0.6 is 0 Å². The molecule has 3 heteroatoms. The zero-order valence-corrected chi connectivity index (χ0v) is 9.82. The summed E-state index contributed by atoms with van der Waals surface area (Å²) in [4.78, 5) is 12.0. The van der Waals surface area contributed by atoms with E-state index in [4.69, 9.17) is 11.0 Å².